The van der Waals surface area contributed by atoms with Crippen LogP contribution in [0.4, 0.5) is 0 Å². The highest BCUT2D eigenvalue weighted by Gasteiger charge is 2.26. The Morgan fingerprint density at radius 2 is 0.914 bits per heavy atom. The molecule has 0 spiro atoms. The molecule has 0 amide bonds. The van der Waals surface area contributed by atoms with Crippen molar-refractivity contribution in [2.75, 3.05) is 0 Å². The molecule has 3 aromatic heterocycles. The largest absolute Gasteiger partial charge is 0.309 e. The van der Waals surface area contributed by atoms with E-state index in [-0.39, 0.29) is 0 Å². The van der Waals surface area contributed by atoms with Gasteiger partial charge in [-0.15, -0.1) is 0 Å². The van der Waals surface area contributed by atoms with Gasteiger partial charge in [-0.2, -0.15) is 9.97 Å². The second kappa shape index (κ2) is 13.0. The maximum atomic E-state index is 5.54. The standard InChI is InChI=1S/C53H35N5/c1-4-18-34(19-5-1)47-37-24-10-12-26-39(37)48(40-27-13-11-25-38(40)47)52-54-51(35-20-6-2-7-21-35)55-53(56-52)58-44-31-17-15-29-42(44)50-46(58)33-32-45-49(50)41-28-14-16-30-43(41)57(45)36-22-8-3-9-23-36/h1-12,14-26,28-33H,13,27H2. The second-order valence-electron chi connectivity index (χ2n) is 15.0. The lowest BCUT2D eigenvalue weighted by atomic mass is 9.82. The van der Waals surface area contributed by atoms with Crippen molar-refractivity contribution in [3.63, 3.8) is 0 Å². The molecule has 0 N–H and O–H groups in total. The third-order valence-electron chi connectivity index (χ3n) is 11.8. The molecule has 1 aliphatic rings. The quantitative estimate of drug-likeness (QED) is 0.176. The average molecular weight is 742 g/mol. The summed E-state index contributed by atoms with van der Waals surface area (Å²) in [5.74, 6) is 1.92. The van der Waals surface area contributed by atoms with Crippen LogP contribution in [0.5, 0.6) is 0 Å². The summed E-state index contributed by atoms with van der Waals surface area (Å²) < 4.78 is 4.63. The number of aromatic nitrogens is 5. The van der Waals surface area contributed by atoms with Crippen molar-refractivity contribution < 1.29 is 0 Å². The topological polar surface area (TPSA) is 48.5 Å². The molecule has 58 heavy (non-hydrogen) atoms. The Morgan fingerprint density at radius 1 is 0.397 bits per heavy atom. The van der Waals surface area contributed by atoms with E-state index in [1.54, 1.807) is 0 Å². The second-order valence-corrected chi connectivity index (χ2v) is 15.0. The zero-order valence-electron chi connectivity index (χ0n) is 31.5. The van der Waals surface area contributed by atoms with Crippen molar-refractivity contribution in [3.8, 4) is 45.5 Å². The minimum absolute atomic E-state index is 0.595. The van der Waals surface area contributed by atoms with Gasteiger partial charge in [0.15, 0.2) is 11.6 Å². The maximum Gasteiger partial charge on any atom is 0.238 e. The van der Waals surface area contributed by atoms with Crippen LogP contribution < -0.4 is 0 Å². The van der Waals surface area contributed by atoms with Crippen LogP contribution in [-0.2, 0) is 6.42 Å². The van der Waals surface area contributed by atoms with Crippen molar-refractivity contribution >= 4 is 60.5 Å². The first-order valence-corrected chi connectivity index (χ1v) is 19.9. The highest BCUT2D eigenvalue weighted by atomic mass is 15.2. The van der Waals surface area contributed by atoms with Crippen molar-refractivity contribution in [2.45, 2.75) is 12.8 Å². The van der Waals surface area contributed by atoms with Gasteiger partial charge in [0.2, 0.25) is 5.95 Å². The summed E-state index contributed by atoms with van der Waals surface area (Å²) in [6.45, 7) is 0. The summed E-state index contributed by atoms with van der Waals surface area (Å²) >= 11 is 0. The molecule has 5 nitrogen and oxygen atoms in total. The molecule has 5 heteroatoms. The fraction of sp³-hybridized carbons (Fsp3) is 0.0377. The van der Waals surface area contributed by atoms with Gasteiger partial charge in [-0.25, -0.2) is 4.98 Å². The molecule has 8 aromatic carbocycles. The predicted octanol–water partition coefficient (Wildman–Crippen LogP) is 13.2. The van der Waals surface area contributed by atoms with Crippen molar-refractivity contribution in [3.05, 3.63) is 193 Å². The van der Waals surface area contributed by atoms with E-state index in [0.717, 1.165) is 57.0 Å². The van der Waals surface area contributed by atoms with Crippen molar-refractivity contribution in [1.82, 2.24) is 24.1 Å². The molecule has 3 heterocycles. The lowest BCUT2D eigenvalue weighted by Gasteiger charge is -2.23. The number of hydrogen-bond acceptors (Lipinski definition) is 3. The van der Waals surface area contributed by atoms with Crippen LogP contribution in [0.3, 0.4) is 0 Å². The van der Waals surface area contributed by atoms with Gasteiger partial charge in [0.05, 0.1) is 22.1 Å². The molecule has 0 aliphatic heterocycles. The Morgan fingerprint density at radius 3 is 1.59 bits per heavy atom. The fourth-order valence-corrected chi connectivity index (χ4v) is 9.44. The van der Waals surface area contributed by atoms with E-state index < -0.39 is 0 Å². The average Bonchev–Trinajstić information content (AvgIpc) is 3.82. The van der Waals surface area contributed by atoms with Crippen molar-refractivity contribution in [2.24, 2.45) is 0 Å². The van der Waals surface area contributed by atoms with Gasteiger partial charge in [0.25, 0.3) is 0 Å². The summed E-state index contributed by atoms with van der Waals surface area (Å²) in [5.41, 5.74) is 12.6. The number of rotatable bonds is 5. The van der Waals surface area contributed by atoms with Gasteiger partial charge in [-0.3, -0.25) is 4.57 Å². The van der Waals surface area contributed by atoms with Crippen LogP contribution in [-0.4, -0.2) is 24.1 Å². The van der Waals surface area contributed by atoms with Crippen LogP contribution in [0.15, 0.2) is 182 Å². The number of fused-ring (bicyclic) bond motifs is 9. The van der Waals surface area contributed by atoms with Crippen LogP contribution in [0.2, 0.25) is 0 Å². The zero-order chi connectivity index (χ0) is 38.2. The minimum Gasteiger partial charge on any atom is -0.309 e. The van der Waals surface area contributed by atoms with E-state index in [9.17, 15) is 0 Å². The Balaban J connectivity index is 1.19. The normalized spacial score (nSPS) is 12.6. The third kappa shape index (κ3) is 4.86. The summed E-state index contributed by atoms with van der Waals surface area (Å²) in [5, 5.41) is 7.09. The first kappa shape index (κ1) is 32.6. The molecular weight excluding hydrogens is 707 g/mol. The zero-order valence-corrected chi connectivity index (χ0v) is 31.5. The van der Waals surface area contributed by atoms with E-state index in [4.69, 9.17) is 15.0 Å². The molecule has 12 rings (SSSR count). The molecule has 11 aromatic rings. The number of allylic oxidation sites excluding steroid dienone is 1. The molecule has 0 saturated carbocycles. The molecule has 0 radical (unpaired) electrons. The van der Waals surface area contributed by atoms with E-state index in [1.165, 1.54) is 49.3 Å². The van der Waals surface area contributed by atoms with E-state index in [1.807, 2.05) is 6.07 Å². The Kier molecular flexibility index (Phi) is 7.29. The van der Waals surface area contributed by atoms with E-state index in [2.05, 4.69) is 191 Å². The van der Waals surface area contributed by atoms with Gasteiger partial charge >= 0.3 is 0 Å². The summed E-state index contributed by atoms with van der Waals surface area (Å²) in [6.07, 6.45) is 6.46. The van der Waals surface area contributed by atoms with E-state index >= 15 is 0 Å². The van der Waals surface area contributed by atoms with Crippen LogP contribution >= 0.6 is 0 Å². The van der Waals surface area contributed by atoms with Crippen molar-refractivity contribution in [1.29, 1.82) is 0 Å². The van der Waals surface area contributed by atoms with E-state index in [0.29, 0.717) is 17.6 Å². The first-order valence-electron chi connectivity index (χ1n) is 19.9. The van der Waals surface area contributed by atoms with Gasteiger partial charge in [-0.1, -0.05) is 152 Å². The predicted molar refractivity (Wildman–Crippen MR) is 240 cm³/mol. The maximum absolute atomic E-state index is 5.54. The number of para-hydroxylation sites is 3. The fourth-order valence-electron chi connectivity index (χ4n) is 9.44. The molecule has 0 fully saturated rings. The van der Waals surface area contributed by atoms with Gasteiger partial charge in [0.1, 0.15) is 0 Å². The highest BCUT2D eigenvalue weighted by Crippen LogP contribution is 2.45. The van der Waals surface area contributed by atoms with Gasteiger partial charge < -0.3 is 4.57 Å². The van der Waals surface area contributed by atoms with Gasteiger partial charge in [0, 0.05) is 38.4 Å². The third-order valence-corrected chi connectivity index (χ3v) is 11.8. The van der Waals surface area contributed by atoms with Crippen LogP contribution in [0, 0.1) is 0 Å². The molecule has 0 unspecified atom stereocenters. The summed E-state index contributed by atoms with van der Waals surface area (Å²) in [7, 11) is 0. The first-order chi connectivity index (χ1) is 28.8. The summed E-state index contributed by atoms with van der Waals surface area (Å²) in [4.78, 5) is 16.3. The minimum atomic E-state index is 0.595. The Labute approximate surface area is 334 Å². The monoisotopic (exact) mass is 741 g/mol. The number of nitrogens with zero attached hydrogens (tertiary/aromatic N) is 5. The Hall–Kier alpha value is -7.63. The molecule has 1 aliphatic carbocycles. The van der Waals surface area contributed by atoms with Crippen LogP contribution in [0.1, 0.15) is 17.5 Å². The number of hydrogen-bond donors (Lipinski definition) is 0. The molecule has 272 valence electrons. The molecule has 0 atom stereocenters. The summed E-state index contributed by atoms with van der Waals surface area (Å²) in [6, 6.07) is 62.4. The Bertz CT molecular complexity index is 3430. The highest BCUT2D eigenvalue weighted by molar-refractivity contribution is 6.28. The van der Waals surface area contributed by atoms with Gasteiger partial charge in [-0.05, 0) is 82.3 Å². The lowest BCUT2D eigenvalue weighted by Crippen LogP contribution is -2.09. The molecular formula is C53H35N5. The lowest BCUT2D eigenvalue weighted by molar-refractivity contribution is 0.944. The molecule has 0 bridgehead atoms. The smallest absolute Gasteiger partial charge is 0.238 e. The van der Waals surface area contributed by atoms with Crippen LogP contribution in [0.25, 0.3) is 106 Å². The SMILES string of the molecule is C1=Cc2c(c(-c3nc(-c4ccccc4)nc(-n4c5ccccc5c5c6c7ccccc7n(-c7ccccc7)c6ccc54)n3)c3ccccc3c2-c2ccccc2)CC1. The number of benzene rings is 8. The molecule has 0 saturated heterocycles.